The molecule has 0 aliphatic carbocycles. The largest absolute Gasteiger partial charge is 0.355 e. The molecule has 3 aromatic rings. The molecule has 0 saturated heterocycles. The van der Waals surface area contributed by atoms with Gasteiger partial charge in [-0.1, -0.05) is 65.8 Å². The van der Waals surface area contributed by atoms with E-state index in [1.807, 2.05) is 71.9 Å². The van der Waals surface area contributed by atoms with Gasteiger partial charge in [0.2, 0.25) is 0 Å². The molecule has 0 atom stereocenters. The maximum Gasteiger partial charge on any atom is 0.170 e. The Morgan fingerprint density at radius 1 is 0.667 bits per heavy atom. The van der Waals surface area contributed by atoms with Gasteiger partial charge in [-0.05, 0) is 50.2 Å². The van der Waals surface area contributed by atoms with Gasteiger partial charge in [-0.3, -0.25) is 19.2 Å². The quantitative estimate of drug-likeness (QED) is 0.343. The summed E-state index contributed by atoms with van der Waals surface area (Å²) in [6, 6.07) is 18.3. The summed E-state index contributed by atoms with van der Waals surface area (Å²) in [6.07, 6.45) is 0. The van der Waals surface area contributed by atoms with Crippen LogP contribution in [0.15, 0.2) is 60.7 Å². The lowest BCUT2D eigenvalue weighted by Crippen LogP contribution is -2.23. The molecule has 3 rings (SSSR count). The Morgan fingerprint density at radius 2 is 1.17 bits per heavy atom. The number of carbonyl (C=O) groups excluding carboxylic acids is 4. The third-order valence-electron chi connectivity index (χ3n) is 5.24. The van der Waals surface area contributed by atoms with Crippen molar-refractivity contribution in [2.24, 2.45) is 10.8 Å². The van der Waals surface area contributed by atoms with E-state index in [0.29, 0.717) is 26.6 Å². The highest BCUT2D eigenvalue weighted by Crippen LogP contribution is 2.31. The van der Waals surface area contributed by atoms with Gasteiger partial charge >= 0.3 is 0 Å². The number of anilines is 2. The summed E-state index contributed by atoms with van der Waals surface area (Å²) >= 11 is 1.25. The lowest BCUT2D eigenvalue weighted by molar-refractivity contribution is 0.0849. The Hall–Kier alpha value is -3.38. The van der Waals surface area contributed by atoms with Gasteiger partial charge < -0.3 is 5.32 Å². The standard InChI is InChI=1S/C22H27NO2.C8H8O2S/c1-21(2,3)19(24)15-12-13-17(20(25)22(4,5)6)18(14-15)23-16-10-8-7-9-11-16;1-5(9)7-3-4-8(11-7)6(2)10/h7-14,23H,1-6H3;3-4H,1-2H3. The van der Waals surface area contributed by atoms with Crippen LogP contribution < -0.4 is 5.32 Å². The summed E-state index contributed by atoms with van der Waals surface area (Å²) in [4.78, 5) is 48.3. The lowest BCUT2D eigenvalue weighted by Gasteiger charge is -2.22. The van der Waals surface area contributed by atoms with Crippen LogP contribution in [0.5, 0.6) is 0 Å². The van der Waals surface area contributed by atoms with Crippen LogP contribution in [-0.4, -0.2) is 23.1 Å². The number of Topliss-reactive ketones (excluding diaryl/α,β-unsaturated/α-hetero) is 4. The minimum Gasteiger partial charge on any atom is -0.355 e. The molecule has 0 aliphatic rings. The van der Waals surface area contributed by atoms with Gasteiger partial charge in [0.1, 0.15) is 0 Å². The molecule has 0 aliphatic heterocycles. The molecule has 190 valence electrons. The summed E-state index contributed by atoms with van der Waals surface area (Å²) in [7, 11) is 0. The predicted octanol–water partition coefficient (Wildman–Crippen LogP) is 8.04. The Morgan fingerprint density at radius 3 is 1.58 bits per heavy atom. The van der Waals surface area contributed by atoms with Crippen molar-refractivity contribution in [2.75, 3.05) is 5.32 Å². The molecule has 0 amide bonds. The van der Waals surface area contributed by atoms with Crippen LogP contribution in [0.4, 0.5) is 11.4 Å². The molecule has 0 radical (unpaired) electrons. The average molecular weight is 506 g/mol. The number of nitrogens with one attached hydrogen (secondary N) is 1. The predicted molar refractivity (Wildman–Crippen MR) is 148 cm³/mol. The highest BCUT2D eigenvalue weighted by Gasteiger charge is 2.28. The molecule has 36 heavy (non-hydrogen) atoms. The zero-order valence-electron chi connectivity index (χ0n) is 22.3. The molecule has 0 unspecified atom stereocenters. The first-order chi connectivity index (χ1) is 16.6. The Bertz CT molecular complexity index is 1230. The van der Waals surface area contributed by atoms with Crippen LogP contribution in [0.2, 0.25) is 0 Å². The molecule has 1 N–H and O–H groups in total. The highest BCUT2D eigenvalue weighted by molar-refractivity contribution is 7.16. The van der Waals surface area contributed by atoms with E-state index < -0.39 is 10.8 Å². The maximum absolute atomic E-state index is 12.8. The van der Waals surface area contributed by atoms with Crippen LogP contribution in [0.25, 0.3) is 0 Å². The van der Waals surface area contributed by atoms with Crippen molar-refractivity contribution >= 4 is 45.8 Å². The zero-order valence-corrected chi connectivity index (χ0v) is 23.1. The number of para-hydroxylation sites is 1. The van der Waals surface area contributed by atoms with Crippen molar-refractivity contribution in [1.29, 1.82) is 0 Å². The summed E-state index contributed by atoms with van der Waals surface area (Å²) in [5, 5.41) is 3.30. The second kappa shape index (κ2) is 11.6. The third kappa shape index (κ3) is 7.82. The molecule has 0 fully saturated rings. The first-order valence-corrected chi connectivity index (χ1v) is 12.6. The van der Waals surface area contributed by atoms with Crippen molar-refractivity contribution in [3.63, 3.8) is 0 Å². The number of thiophene rings is 1. The van der Waals surface area contributed by atoms with Gasteiger partial charge in [0.15, 0.2) is 23.1 Å². The normalized spacial score (nSPS) is 11.2. The number of benzene rings is 2. The number of rotatable bonds is 6. The smallest absolute Gasteiger partial charge is 0.170 e. The monoisotopic (exact) mass is 505 g/mol. The molecule has 2 aromatic carbocycles. The third-order valence-corrected chi connectivity index (χ3v) is 6.53. The van der Waals surface area contributed by atoms with Crippen LogP contribution >= 0.6 is 11.3 Å². The number of hydrogen-bond donors (Lipinski definition) is 1. The molecular formula is C30H35NO4S. The van der Waals surface area contributed by atoms with E-state index in [9.17, 15) is 19.2 Å². The minimum absolute atomic E-state index is 0.0162. The summed E-state index contributed by atoms with van der Waals surface area (Å²) in [5.41, 5.74) is 1.78. The summed E-state index contributed by atoms with van der Waals surface area (Å²) in [6.45, 7) is 14.4. The fourth-order valence-electron chi connectivity index (χ4n) is 3.22. The molecule has 5 nitrogen and oxygen atoms in total. The SMILES string of the molecule is CC(=O)c1ccc(C(C)=O)s1.CC(C)(C)C(=O)c1ccc(C(=O)C(C)(C)C)c(Nc2ccccc2)c1. The minimum atomic E-state index is -0.497. The van der Waals surface area contributed by atoms with E-state index in [4.69, 9.17) is 0 Å². The first-order valence-electron chi connectivity index (χ1n) is 11.8. The van der Waals surface area contributed by atoms with Crippen molar-refractivity contribution in [3.8, 4) is 0 Å². The number of ketones is 4. The van der Waals surface area contributed by atoms with E-state index in [-0.39, 0.29) is 23.1 Å². The maximum atomic E-state index is 12.8. The van der Waals surface area contributed by atoms with Crippen molar-refractivity contribution in [2.45, 2.75) is 55.4 Å². The molecule has 0 bridgehead atoms. The second-order valence-electron chi connectivity index (χ2n) is 10.7. The molecule has 1 heterocycles. The Kier molecular flexibility index (Phi) is 9.27. The van der Waals surface area contributed by atoms with E-state index in [1.165, 1.54) is 25.2 Å². The Labute approximate surface area is 217 Å². The van der Waals surface area contributed by atoms with Gasteiger partial charge in [0, 0.05) is 27.6 Å². The summed E-state index contributed by atoms with van der Waals surface area (Å²) < 4.78 is 0. The molecule has 0 saturated carbocycles. The van der Waals surface area contributed by atoms with Crippen molar-refractivity contribution < 1.29 is 19.2 Å². The Balaban J connectivity index is 0.000000346. The molecular weight excluding hydrogens is 470 g/mol. The fraction of sp³-hybridized carbons (Fsp3) is 0.333. The average Bonchev–Trinajstić information content (AvgIpc) is 3.29. The van der Waals surface area contributed by atoms with Gasteiger partial charge in [0.05, 0.1) is 15.4 Å². The van der Waals surface area contributed by atoms with E-state index in [1.54, 1.807) is 30.3 Å². The van der Waals surface area contributed by atoms with Crippen LogP contribution in [0, 0.1) is 10.8 Å². The topological polar surface area (TPSA) is 80.3 Å². The van der Waals surface area contributed by atoms with Crippen LogP contribution in [0.1, 0.15) is 95.4 Å². The van der Waals surface area contributed by atoms with Gasteiger partial charge in [-0.25, -0.2) is 0 Å². The van der Waals surface area contributed by atoms with Gasteiger partial charge in [0.25, 0.3) is 0 Å². The van der Waals surface area contributed by atoms with Gasteiger partial charge in [-0.15, -0.1) is 11.3 Å². The number of carbonyl (C=O) groups is 4. The number of hydrogen-bond acceptors (Lipinski definition) is 6. The molecule has 6 heteroatoms. The first kappa shape index (κ1) is 28.9. The van der Waals surface area contributed by atoms with Crippen LogP contribution in [-0.2, 0) is 0 Å². The van der Waals surface area contributed by atoms with E-state index in [2.05, 4.69) is 5.32 Å². The van der Waals surface area contributed by atoms with E-state index in [0.717, 1.165) is 5.69 Å². The fourth-order valence-corrected chi connectivity index (χ4v) is 4.01. The summed E-state index contributed by atoms with van der Waals surface area (Å²) in [5.74, 6) is 0.129. The highest BCUT2D eigenvalue weighted by atomic mass is 32.1. The molecule has 1 aromatic heterocycles. The van der Waals surface area contributed by atoms with Crippen molar-refractivity contribution in [1.82, 2.24) is 0 Å². The lowest BCUT2D eigenvalue weighted by atomic mass is 9.83. The van der Waals surface area contributed by atoms with Crippen LogP contribution in [0.3, 0.4) is 0 Å². The second-order valence-corrected chi connectivity index (χ2v) is 11.8. The van der Waals surface area contributed by atoms with Gasteiger partial charge in [-0.2, -0.15) is 0 Å². The van der Waals surface area contributed by atoms with E-state index >= 15 is 0 Å². The van der Waals surface area contributed by atoms with Crippen molar-refractivity contribution in [3.05, 3.63) is 81.5 Å². The zero-order chi connectivity index (χ0) is 27.3. The molecule has 0 spiro atoms.